The Morgan fingerprint density at radius 1 is 0.971 bits per heavy atom. The third-order valence-electron chi connectivity index (χ3n) is 5.70. The van der Waals surface area contributed by atoms with Crippen LogP contribution in [0.5, 0.6) is 0 Å². The van der Waals surface area contributed by atoms with Gasteiger partial charge >= 0.3 is 0 Å². The molecule has 2 amide bonds. The molecule has 3 rings (SSSR count). The van der Waals surface area contributed by atoms with Gasteiger partial charge in [0.1, 0.15) is 6.04 Å². The van der Waals surface area contributed by atoms with E-state index >= 15 is 0 Å². The van der Waals surface area contributed by atoms with Gasteiger partial charge in [-0.25, -0.2) is 8.42 Å². The molecular weight excluding hydrogens is 509 g/mol. The molecule has 0 saturated carbocycles. The van der Waals surface area contributed by atoms with Gasteiger partial charge in [-0.1, -0.05) is 59.6 Å². The topological polar surface area (TPSA) is 86.8 Å². The normalized spacial score (nSPS) is 12.5. The van der Waals surface area contributed by atoms with E-state index < -0.39 is 28.5 Å². The van der Waals surface area contributed by atoms with E-state index in [9.17, 15) is 18.0 Å². The minimum absolute atomic E-state index is 0.0560. The van der Waals surface area contributed by atoms with Gasteiger partial charge in [-0.05, 0) is 48.9 Å². The van der Waals surface area contributed by atoms with E-state index in [1.54, 1.807) is 44.2 Å². The van der Waals surface area contributed by atoms with Gasteiger partial charge in [-0.15, -0.1) is 0 Å². The SMILES string of the molecule is CCNC(=O)[C@@H](C)N(Cc1c(Cl)cccc1Cl)C(=O)CN(C)S(=O)(=O)c1ccc2ccccc2c1. The number of halogens is 2. The zero-order valence-electron chi connectivity index (χ0n) is 19.7. The predicted molar refractivity (Wildman–Crippen MR) is 139 cm³/mol. The molecule has 3 aromatic carbocycles. The molecule has 0 radical (unpaired) electrons. The number of nitrogens with one attached hydrogen (secondary N) is 1. The lowest BCUT2D eigenvalue weighted by atomic mass is 10.1. The van der Waals surface area contributed by atoms with Crippen molar-refractivity contribution in [2.45, 2.75) is 31.3 Å². The maximum absolute atomic E-state index is 13.4. The van der Waals surface area contributed by atoms with Crippen LogP contribution in [-0.2, 0) is 26.2 Å². The van der Waals surface area contributed by atoms with E-state index in [1.165, 1.54) is 18.0 Å². The summed E-state index contributed by atoms with van der Waals surface area (Å²) in [5.41, 5.74) is 0.473. The third-order valence-corrected chi connectivity index (χ3v) is 8.20. The van der Waals surface area contributed by atoms with Crippen molar-refractivity contribution in [2.75, 3.05) is 20.1 Å². The summed E-state index contributed by atoms with van der Waals surface area (Å²) in [6, 6.07) is 16.3. The van der Waals surface area contributed by atoms with Crippen LogP contribution in [0.2, 0.25) is 10.0 Å². The molecule has 186 valence electrons. The number of sulfonamides is 1. The van der Waals surface area contributed by atoms with Crippen molar-refractivity contribution in [3.63, 3.8) is 0 Å². The highest BCUT2D eigenvalue weighted by molar-refractivity contribution is 7.89. The molecule has 0 aliphatic carbocycles. The van der Waals surface area contributed by atoms with Crippen molar-refractivity contribution in [2.24, 2.45) is 0 Å². The van der Waals surface area contributed by atoms with Crippen molar-refractivity contribution < 1.29 is 18.0 Å². The highest BCUT2D eigenvalue weighted by Gasteiger charge is 2.31. The van der Waals surface area contributed by atoms with Gasteiger partial charge in [0.05, 0.1) is 11.4 Å². The lowest BCUT2D eigenvalue weighted by Crippen LogP contribution is -2.50. The average Bonchev–Trinajstić information content (AvgIpc) is 2.83. The summed E-state index contributed by atoms with van der Waals surface area (Å²) in [5.74, 6) is -0.935. The van der Waals surface area contributed by atoms with Crippen LogP contribution in [0.25, 0.3) is 10.8 Å². The van der Waals surface area contributed by atoms with Crippen LogP contribution in [-0.4, -0.2) is 55.6 Å². The fraction of sp³-hybridized carbons (Fsp3) is 0.280. The summed E-state index contributed by atoms with van der Waals surface area (Å²) in [7, 11) is -2.64. The molecule has 1 N–H and O–H groups in total. The fourth-order valence-corrected chi connectivity index (χ4v) is 5.31. The van der Waals surface area contributed by atoms with E-state index in [1.807, 2.05) is 24.3 Å². The Morgan fingerprint density at radius 3 is 2.23 bits per heavy atom. The standard InChI is InChI=1S/C25H27Cl2N3O4S/c1-4-28-25(32)17(2)30(15-21-22(26)10-7-11-23(21)27)24(31)16-29(3)35(33,34)20-13-12-18-8-5-6-9-19(18)14-20/h5-14,17H,4,15-16H2,1-3H3,(H,28,32)/t17-/m1/s1. The summed E-state index contributed by atoms with van der Waals surface area (Å²) in [6.07, 6.45) is 0. The molecular formula is C25H27Cl2N3O4S. The van der Waals surface area contributed by atoms with Gasteiger partial charge < -0.3 is 10.2 Å². The van der Waals surface area contributed by atoms with Crippen molar-refractivity contribution in [1.29, 1.82) is 0 Å². The molecule has 3 aromatic rings. The molecule has 1 atom stereocenters. The van der Waals surface area contributed by atoms with E-state index in [0.29, 0.717) is 22.2 Å². The number of fused-ring (bicyclic) bond motifs is 1. The first-order valence-corrected chi connectivity index (χ1v) is 13.2. The van der Waals surface area contributed by atoms with Gasteiger partial charge in [0.15, 0.2) is 0 Å². The van der Waals surface area contributed by atoms with Crippen LogP contribution in [0.4, 0.5) is 0 Å². The lowest BCUT2D eigenvalue weighted by Gasteiger charge is -2.30. The van der Waals surface area contributed by atoms with Gasteiger partial charge in [0.25, 0.3) is 0 Å². The number of hydrogen-bond donors (Lipinski definition) is 1. The summed E-state index contributed by atoms with van der Waals surface area (Å²) < 4.78 is 27.5. The molecule has 10 heteroatoms. The van der Waals surface area contributed by atoms with Crippen LogP contribution in [0.3, 0.4) is 0 Å². The van der Waals surface area contributed by atoms with Gasteiger partial charge in [0, 0.05) is 35.7 Å². The second kappa shape index (κ2) is 11.4. The predicted octanol–water partition coefficient (Wildman–Crippen LogP) is 4.32. The smallest absolute Gasteiger partial charge is 0.243 e. The highest BCUT2D eigenvalue weighted by atomic mass is 35.5. The number of amides is 2. The van der Waals surface area contributed by atoms with Crippen LogP contribution >= 0.6 is 23.2 Å². The Bertz CT molecular complexity index is 1330. The third kappa shape index (κ3) is 6.13. The van der Waals surface area contributed by atoms with Gasteiger partial charge in [-0.3, -0.25) is 9.59 Å². The Balaban J connectivity index is 1.89. The number of hydrogen-bond acceptors (Lipinski definition) is 4. The van der Waals surface area contributed by atoms with E-state index in [0.717, 1.165) is 15.1 Å². The summed E-state index contributed by atoms with van der Waals surface area (Å²) in [5, 5.41) is 5.06. The molecule has 35 heavy (non-hydrogen) atoms. The number of likely N-dealkylation sites (N-methyl/N-ethyl adjacent to an activating group) is 2. The molecule has 0 heterocycles. The fourth-order valence-electron chi connectivity index (χ4n) is 3.63. The average molecular weight is 536 g/mol. The Morgan fingerprint density at radius 2 is 1.60 bits per heavy atom. The summed E-state index contributed by atoms with van der Waals surface area (Å²) >= 11 is 12.6. The zero-order valence-corrected chi connectivity index (χ0v) is 22.0. The first kappa shape index (κ1) is 26.9. The molecule has 7 nitrogen and oxygen atoms in total. The van der Waals surface area contributed by atoms with Crippen LogP contribution in [0.1, 0.15) is 19.4 Å². The van der Waals surface area contributed by atoms with E-state index in [2.05, 4.69) is 5.32 Å². The minimum atomic E-state index is -3.97. The monoisotopic (exact) mass is 535 g/mol. The first-order chi connectivity index (χ1) is 16.6. The van der Waals surface area contributed by atoms with Crippen LogP contribution < -0.4 is 5.32 Å². The number of nitrogens with zero attached hydrogens (tertiary/aromatic N) is 2. The first-order valence-electron chi connectivity index (χ1n) is 11.0. The lowest BCUT2D eigenvalue weighted by molar-refractivity contribution is -0.140. The van der Waals surface area contributed by atoms with Crippen LogP contribution in [0, 0.1) is 0 Å². The van der Waals surface area contributed by atoms with Crippen molar-refractivity contribution in [3.8, 4) is 0 Å². The maximum atomic E-state index is 13.4. The maximum Gasteiger partial charge on any atom is 0.243 e. The number of rotatable bonds is 9. The van der Waals surface area contributed by atoms with Crippen molar-refractivity contribution in [3.05, 3.63) is 76.3 Å². The molecule has 0 bridgehead atoms. The number of carbonyl (C=O) groups excluding carboxylic acids is 2. The molecule has 0 fully saturated rings. The molecule has 0 unspecified atom stereocenters. The minimum Gasteiger partial charge on any atom is -0.355 e. The molecule has 0 aliphatic heterocycles. The number of carbonyl (C=O) groups is 2. The Kier molecular flexibility index (Phi) is 8.77. The van der Waals surface area contributed by atoms with Crippen molar-refractivity contribution >= 4 is 55.8 Å². The quantitative estimate of drug-likeness (QED) is 0.442. The van der Waals surface area contributed by atoms with E-state index in [4.69, 9.17) is 23.2 Å². The van der Waals surface area contributed by atoms with Crippen molar-refractivity contribution in [1.82, 2.24) is 14.5 Å². The zero-order chi connectivity index (χ0) is 25.8. The second-order valence-electron chi connectivity index (χ2n) is 8.06. The number of benzene rings is 3. The highest BCUT2D eigenvalue weighted by Crippen LogP contribution is 2.27. The Labute approximate surface area is 215 Å². The summed E-state index contributed by atoms with van der Waals surface area (Å²) in [4.78, 5) is 27.3. The molecule has 0 spiro atoms. The largest absolute Gasteiger partial charge is 0.355 e. The molecule has 0 saturated heterocycles. The van der Waals surface area contributed by atoms with Gasteiger partial charge in [0.2, 0.25) is 21.8 Å². The van der Waals surface area contributed by atoms with E-state index in [-0.39, 0.29) is 17.3 Å². The second-order valence-corrected chi connectivity index (χ2v) is 10.9. The molecule has 0 aliphatic rings. The van der Waals surface area contributed by atoms with Crippen LogP contribution in [0.15, 0.2) is 65.6 Å². The molecule has 0 aromatic heterocycles. The Hall–Kier alpha value is -2.65. The van der Waals surface area contributed by atoms with Gasteiger partial charge in [-0.2, -0.15) is 4.31 Å². The summed E-state index contributed by atoms with van der Waals surface area (Å²) in [6.45, 7) is 3.20.